The van der Waals surface area contributed by atoms with Gasteiger partial charge in [0.15, 0.2) is 0 Å². The van der Waals surface area contributed by atoms with Crippen molar-refractivity contribution in [3.63, 3.8) is 0 Å². The number of nitrogens with zero attached hydrogens (tertiary/aromatic N) is 3. The number of aromatic amines is 2. The molecule has 0 saturated heterocycles. The maximum absolute atomic E-state index is 14.3. The Morgan fingerprint density at radius 3 is 2.76 bits per heavy atom. The van der Waals surface area contributed by atoms with Gasteiger partial charge in [0.05, 0.1) is 35.9 Å². The Kier molecular flexibility index (Phi) is 5.80. The van der Waals surface area contributed by atoms with Crippen LogP contribution in [0.3, 0.4) is 0 Å². The second-order valence-electron chi connectivity index (χ2n) is 8.86. The van der Waals surface area contributed by atoms with Crippen molar-refractivity contribution in [1.29, 1.82) is 0 Å². The second kappa shape index (κ2) is 9.44. The van der Waals surface area contributed by atoms with Crippen LogP contribution in [0.15, 0.2) is 73.1 Å². The van der Waals surface area contributed by atoms with Crippen molar-refractivity contribution in [3.05, 3.63) is 78.9 Å². The third kappa shape index (κ3) is 4.24. The lowest BCUT2D eigenvalue weighted by molar-refractivity contribution is -0.115. The Morgan fingerprint density at radius 1 is 1.03 bits per heavy atom. The quantitative estimate of drug-likeness (QED) is 0.245. The third-order valence-corrected chi connectivity index (χ3v) is 6.38. The van der Waals surface area contributed by atoms with Crippen LogP contribution < -0.4 is 10.1 Å². The number of fused-ring (bicyclic) bond motifs is 2. The van der Waals surface area contributed by atoms with E-state index in [0.29, 0.717) is 40.3 Å². The summed E-state index contributed by atoms with van der Waals surface area (Å²) in [6, 6.07) is 18.1. The molecule has 0 fully saturated rings. The molecule has 6 rings (SSSR count). The molecule has 188 valence electrons. The van der Waals surface area contributed by atoms with Crippen molar-refractivity contribution >= 4 is 33.5 Å². The number of pyridine rings is 2. The molecule has 0 aliphatic heterocycles. The molecule has 9 heteroatoms. The van der Waals surface area contributed by atoms with Crippen molar-refractivity contribution in [2.24, 2.45) is 0 Å². The number of carbonyl (C=O) groups is 1. The fourth-order valence-corrected chi connectivity index (χ4v) is 4.52. The molecule has 38 heavy (non-hydrogen) atoms. The molecule has 4 aromatic heterocycles. The van der Waals surface area contributed by atoms with Gasteiger partial charge >= 0.3 is 0 Å². The summed E-state index contributed by atoms with van der Waals surface area (Å²) < 4.78 is 19.5. The minimum atomic E-state index is -0.366. The van der Waals surface area contributed by atoms with E-state index in [1.54, 1.807) is 19.3 Å². The Hall–Kier alpha value is -5.05. The minimum absolute atomic E-state index is 0.0839. The molecule has 0 aliphatic carbocycles. The van der Waals surface area contributed by atoms with Gasteiger partial charge in [0.25, 0.3) is 0 Å². The molecule has 0 bridgehead atoms. The highest BCUT2D eigenvalue weighted by molar-refractivity contribution is 6.00. The fourth-order valence-electron chi connectivity index (χ4n) is 4.52. The molecule has 3 N–H and O–H groups in total. The van der Waals surface area contributed by atoms with Gasteiger partial charge in [-0.2, -0.15) is 5.10 Å². The van der Waals surface area contributed by atoms with E-state index in [2.05, 4.69) is 25.5 Å². The van der Waals surface area contributed by atoms with Crippen molar-refractivity contribution < 1.29 is 13.9 Å². The molecule has 0 saturated carbocycles. The number of anilines is 1. The SMILES string of the molecule is CCC(=O)Nc1cncc(-c2ccc3[nH]nc(-c4cc5c(-c6cc(F)cc(OC)c6)cccc5[nH]4)c3n2)c1. The van der Waals surface area contributed by atoms with Crippen molar-refractivity contribution in [2.45, 2.75) is 13.3 Å². The van der Waals surface area contributed by atoms with Crippen LogP contribution >= 0.6 is 0 Å². The number of aromatic nitrogens is 5. The Balaban J connectivity index is 1.43. The van der Waals surface area contributed by atoms with Gasteiger partial charge < -0.3 is 15.0 Å². The summed E-state index contributed by atoms with van der Waals surface area (Å²) in [4.78, 5) is 24.4. The highest BCUT2D eigenvalue weighted by atomic mass is 19.1. The lowest BCUT2D eigenvalue weighted by Gasteiger charge is -2.07. The first kappa shape index (κ1) is 23.4. The molecule has 2 aromatic carbocycles. The van der Waals surface area contributed by atoms with Crippen LogP contribution in [0.4, 0.5) is 10.1 Å². The van der Waals surface area contributed by atoms with Gasteiger partial charge in [-0.05, 0) is 53.6 Å². The summed E-state index contributed by atoms with van der Waals surface area (Å²) in [7, 11) is 1.52. The number of methoxy groups -OCH3 is 1. The Morgan fingerprint density at radius 2 is 1.92 bits per heavy atom. The average Bonchev–Trinajstić information content (AvgIpc) is 3.56. The van der Waals surface area contributed by atoms with Gasteiger partial charge in [-0.1, -0.05) is 19.1 Å². The third-order valence-electron chi connectivity index (χ3n) is 6.38. The van der Waals surface area contributed by atoms with Crippen molar-refractivity contribution in [2.75, 3.05) is 12.4 Å². The largest absolute Gasteiger partial charge is 0.497 e. The Labute approximate surface area is 216 Å². The molecule has 1 amide bonds. The first-order valence-electron chi connectivity index (χ1n) is 12.1. The Bertz CT molecular complexity index is 1820. The number of rotatable bonds is 6. The predicted molar refractivity (Wildman–Crippen MR) is 145 cm³/mol. The lowest BCUT2D eigenvalue weighted by Crippen LogP contribution is -2.09. The van der Waals surface area contributed by atoms with Gasteiger partial charge in [-0.3, -0.25) is 14.9 Å². The van der Waals surface area contributed by atoms with Crippen LogP contribution in [0.2, 0.25) is 0 Å². The molecular formula is C29H23FN6O2. The predicted octanol–water partition coefficient (Wildman–Crippen LogP) is 6.33. The van der Waals surface area contributed by atoms with E-state index in [4.69, 9.17) is 9.72 Å². The van der Waals surface area contributed by atoms with Crippen LogP contribution in [0.5, 0.6) is 5.75 Å². The second-order valence-corrected chi connectivity index (χ2v) is 8.86. The first-order chi connectivity index (χ1) is 18.5. The zero-order valence-electron chi connectivity index (χ0n) is 20.7. The zero-order valence-corrected chi connectivity index (χ0v) is 20.7. The summed E-state index contributed by atoms with van der Waals surface area (Å²) in [6.45, 7) is 1.80. The highest BCUT2D eigenvalue weighted by Crippen LogP contribution is 2.35. The minimum Gasteiger partial charge on any atom is -0.497 e. The van der Waals surface area contributed by atoms with Gasteiger partial charge in [0.1, 0.15) is 22.8 Å². The number of carbonyl (C=O) groups excluding carboxylic acids is 1. The van der Waals surface area contributed by atoms with E-state index in [9.17, 15) is 9.18 Å². The van der Waals surface area contributed by atoms with Crippen LogP contribution in [-0.2, 0) is 4.79 Å². The van der Waals surface area contributed by atoms with Crippen LogP contribution in [0, 0.1) is 5.82 Å². The molecule has 4 heterocycles. The molecule has 8 nitrogen and oxygen atoms in total. The highest BCUT2D eigenvalue weighted by Gasteiger charge is 2.16. The summed E-state index contributed by atoms with van der Waals surface area (Å²) in [6.07, 6.45) is 3.69. The summed E-state index contributed by atoms with van der Waals surface area (Å²) in [5.41, 5.74) is 7.44. The summed E-state index contributed by atoms with van der Waals surface area (Å²) >= 11 is 0. The van der Waals surface area contributed by atoms with Crippen molar-refractivity contribution in [3.8, 4) is 39.5 Å². The topological polar surface area (TPSA) is 109 Å². The first-order valence-corrected chi connectivity index (χ1v) is 12.1. The van der Waals surface area contributed by atoms with E-state index in [1.165, 1.54) is 19.2 Å². The number of H-pyrrole nitrogens is 2. The van der Waals surface area contributed by atoms with Gasteiger partial charge in [-0.25, -0.2) is 9.37 Å². The fraction of sp³-hybridized carbons (Fsp3) is 0.103. The van der Waals surface area contributed by atoms with E-state index >= 15 is 0 Å². The normalized spacial score (nSPS) is 11.2. The van der Waals surface area contributed by atoms with E-state index < -0.39 is 0 Å². The van der Waals surface area contributed by atoms with Gasteiger partial charge in [0.2, 0.25) is 5.91 Å². The maximum Gasteiger partial charge on any atom is 0.224 e. The molecule has 6 aromatic rings. The number of hydrogen-bond acceptors (Lipinski definition) is 5. The molecule has 0 atom stereocenters. The number of ether oxygens (including phenoxy) is 1. The van der Waals surface area contributed by atoms with E-state index in [-0.39, 0.29) is 11.7 Å². The average molecular weight is 507 g/mol. The number of benzene rings is 2. The summed E-state index contributed by atoms with van der Waals surface area (Å²) in [5, 5.41) is 11.3. The van der Waals surface area contributed by atoms with Gasteiger partial charge in [-0.15, -0.1) is 0 Å². The van der Waals surface area contributed by atoms with Crippen molar-refractivity contribution in [1.82, 2.24) is 25.1 Å². The number of hydrogen-bond donors (Lipinski definition) is 3. The van der Waals surface area contributed by atoms with Crippen LogP contribution in [0.1, 0.15) is 13.3 Å². The van der Waals surface area contributed by atoms with Crippen LogP contribution in [-0.4, -0.2) is 38.2 Å². The van der Waals surface area contributed by atoms with E-state index in [0.717, 1.165) is 33.2 Å². The number of nitrogens with one attached hydrogen (secondary N) is 3. The molecule has 0 spiro atoms. The smallest absolute Gasteiger partial charge is 0.224 e. The standard InChI is InChI=1S/C29H23FN6O2/c1-3-27(37)32-19-10-17(14-31-15-19)23-7-8-25-28(34-23)29(36-35-25)26-13-22-21(5-4-6-24(22)33-26)16-9-18(30)12-20(11-16)38-2/h4-15,33H,3H2,1-2H3,(H,32,37)(H,35,36). The number of amides is 1. The lowest BCUT2D eigenvalue weighted by atomic mass is 10.0. The van der Waals surface area contributed by atoms with E-state index in [1.807, 2.05) is 48.5 Å². The molecule has 0 radical (unpaired) electrons. The monoisotopic (exact) mass is 506 g/mol. The van der Waals surface area contributed by atoms with Crippen LogP contribution in [0.25, 0.3) is 55.7 Å². The van der Waals surface area contributed by atoms with Gasteiger partial charge in [0, 0.05) is 35.2 Å². The molecular weight excluding hydrogens is 483 g/mol. The summed E-state index contributed by atoms with van der Waals surface area (Å²) in [5.74, 6) is 0.00455. The maximum atomic E-state index is 14.3. The zero-order chi connectivity index (χ0) is 26.2. The molecule has 0 aliphatic rings. The number of halogens is 1. The molecule has 0 unspecified atom stereocenters.